The van der Waals surface area contributed by atoms with Crippen molar-refractivity contribution in [1.82, 2.24) is 14.8 Å². The Morgan fingerprint density at radius 1 is 1.11 bits per heavy atom. The molecule has 0 radical (unpaired) electrons. The number of carbonyl (C=O) groups is 1. The largest absolute Gasteiger partial charge is 0.493 e. The number of fused-ring (bicyclic) bond motifs is 1. The lowest BCUT2D eigenvalue weighted by Crippen LogP contribution is -2.31. The maximum absolute atomic E-state index is 13.6. The summed E-state index contributed by atoms with van der Waals surface area (Å²) in [5, 5.41) is 13.8. The smallest absolute Gasteiger partial charge is 0.257 e. The fourth-order valence-electron chi connectivity index (χ4n) is 5.39. The summed E-state index contributed by atoms with van der Waals surface area (Å²) >= 11 is 0. The van der Waals surface area contributed by atoms with Gasteiger partial charge in [0.1, 0.15) is 0 Å². The highest BCUT2D eigenvalue weighted by molar-refractivity contribution is 6.09. The Hall–Kier alpha value is -3.16. The molecule has 35 heavy (non-hydrogen) atoms. The average Bonchev–Trinajstić information content (AvgIpc) is 3.52. The molecule has 2 fully saturated rings. The quantitative estimate of drug-likeness (QED) is 0.558. The summed E-state index contributed by atoms with van der Waals surface area (Å²) in [6.07, 6.45) is 3.50. The number of pyridine rings is 1. The number of aromatic nitrogens is 1. The van der Waals surface area contributed by atoms with E-state index in [0.717, 1.165) is 73.5 Å². The molecule has 7 nitrogen and oxygen atoms in total. The first kappa shape index (κ1) is 23.6. The number of nitrogens with zero attached hydrogens (tertiary/aromatic N) is 4. The Morgan fingerprint density at radius 2 is 1.91 bits per heavy atom. The molecule has 1 atom stereocenters. The van der Waals surface area contributed by atoms with Gasteiger partial charge in [-0.15, -0.1) is 0 Å². The van der Waals surface area contributed by atoms with Crippen molar-refractivity contribution in [1.29, 1.82) is 0 Å². The SMILES string of the molecule is Cc1cc(O)nc2ccc(NC(=O)c3cc(CN4CCC(N(C)C)C4)ccc3N3CCCC3)cc12. The predicted molar refractivity (Wildman–Crippen MR) is 141 cm³/mol. The first-order chi connectivity index (χ1) is 16.9. The minimum absolute atomic E-state index is 0.00811. The first-order valence-corrected chi connectivity index (χ1v) is 12.6. The van der Waals surface area contributed by atoms with Gasteiger partial charge in [-0.3, -0.25) is 9.69 Å². The summed E-state index contributed by atoms with van der Waals surface area (Å²) in [5.74, 6) is -0.0844. The number of likely N-dealkylation sites (N-methyl/N-ethyl adjacent to an activating group) is 1. The van der Waals surface area contributed by atoms with Crippen molar-refractivity contribution in [2.75, 3.05) is 50.5 Å². The van der Waals surface area contributed by atoms with E-state index in [4.69, 9.17) is 0 Å². The van der Waals surface area contributed by atoms with Crippen LogP contribution >= 0.6 is 0 Å². The molecule has 2 N–H and O–H groups in total. The van der Waals surface area contributed by atoms with E-state index in [1.807, 2.05) is 25.1 Å². The molecule has 1 unspecified atom stereocenters. The summed E-state index contributed by atoms with van der Waals surface area (Å²) in [4.78, 5) is 24.9. The van der Waals surface area contributed by atoms with Gasteiger partial charge in [-0.1, -0.05) is 6.07 Å². The van der Waals surface area contributed by atoms with E-state index < -0.39 is 0 Å². The lowest BCUT2D eigenvalue weighted by atomic mass is 10.1. The van der Waals surface area contributed by atoms with Crippen LogP contribution in [-0.4, -0.2) is 72.1 Å². The predicted octanol–water partition coefficient (Wildman–Crippen LogP) is 4.24. The van der Waals surface area contributed by atoms with Gasteiger partial charge >= 0.3 is 0 Å². The zero-order valence-electron chi connectivity index (χ0n) is 20.9. The molecule has 0 spiro atoms. The number of rotatable bonds is 6. The molecule has 3 aromatic rings. The molecule has 2 saturated heterocycles. The van der Waals surface area contributed by atoms with E-state index in [2.05, 4.69) is 57.3 Å². The molecule has 2 aromatic carbocycles. The van der Waals surface area contributed by atoms with Crippen LogP contribution in [0.2, 0.25) is 0 Å². The van der Waals surface area contributed by atoms with Gasteiger partial charge in [0.2, 0.25) is 5.88 Å². The van der Waals surface area contributed by atoms with E-state index in [1.54, 1.807) is 6.07 Å². The summed E-state index contributed by atoms with van der Waals surface area (Å²) in [5.41, 5.74) is 5.27. The van der Waals surface area contributed by atoms with Crippen molar-refractivity contribution in [3.05, 3.63) is 59.2 Å². The lowest BCUT2D eigenvalue weighted by molar-refractivity contribution is 0.102. The number of aryl methyl sites for hydroxylation is 1. The second-order valence-electron chi connectivity index (χ2n) is 10.2. The zero-order valence-corrected chi connectivity index (χ0v) is 20.9. The molecular formula is C28H35N5O2. The zero-order chi connectivity index (χ0) is 24.5. The lowest BCUT2D eigenvalue weighted by Gasteiger charge is -2.23. The van der Waals surface area contributed by atoms with Crippen molar-refractivity contribution in [3.8, 4) is 5.88 Å². The Kier molecular flexibility index (Phi) is 6.62. The molecule has 5 rings (SSSR count). The van der Waals surface area contributed by atoms with Gasteiger partial charge in [-0.05, 0) is 81.7 Å². The number of aromatic hydroxyl groups is 1. The average molecular weight is 474 g/mol. The van der Waals surface area contributed by atoms with Gasteiger partial charge in [0.05, 0.1) is 11.1 Å². The highest BCUT2D eigenvalue weighted by atomic mass is 16.3. The Morgan fingerprint density at radius 3 is 2.66 bits per heavy atom. The molecule has 7 heteroatoms. The molecule has 0 bridgehead atoms. The Balaban J connectivity index is 1.40. The van der Waals surface area contributed by atoms with Crippen LogP contribution in [0.5, 0.6) is 5.88 Å². The van der Waals surface area contributed by atoms with Gasteiger partial charge in [-0.2, -0.15) is 0 Å². The van der Waals surface area contributed by atoms with Crippen molar-refractivity contribution in [2.24, 2.45) is 0 Å². The molecule has 1 aromatic heterocycles. The first-order valence-electron chi connectivity index (χ1n) is 12.6. The summed E-state index contributed by atoms with van der Waals surface area (Å²) in [7, 11) is 4.29. The number of likely N-dealkylation sites (tertiary alicyclic amines) is 1. The monoisotopic (exact) mass is 473 g/mol. The Bertz CT molecular complexity index is 1240. The van der Waals surface area contributed by atoms with Crippen molar-refractivity contribution < 1.29 is 9.90 Å². The number of benzene rings is 2. The maximum Gasteiger partial charge on any atom is 0.257 e. The molecule has 184 valence electrons. The van der Waals surface area contributed by atoms with Gasteiger partial charge in [0, 0.05) is 61.6 Å². The van der Waals surface area contributed by atoms with Crippen LogP contribution in [0.25, 0.3) is 10.9 Å². The van der Waals surface area contributed by atoms with Crippen LogP contribution in [0.1, 0.15) is 40.7 Å². The van der Waals surface area contributed by atoms with Crippen LogP contribution in [0.15, 0.2) is 42.5 Å². The molecular weight excluding hydrogens is 438 g/mol. The van der Waals surface area contributed by atoms with Crippen LogP contribution in [-0.2, 0) is 6.54 Å². The van der Waals surface area contributed by atoms with Gasteiger partial charge in [-0.25, -0.2) is 4.98 Å². The molecule has 0 aliphatic carbocycles. The third-order valence-electron chi connectivity index (χ3n) is 7.40. The third-order valence-corrected chi connectivity index (χ3v) is 7.40. The highest BCUT2D eigenvalue weighted by Crippen LogP contribution is 2.29. The summed E-state index contributed by atoms with van der Waals surface area (Å²) < 4.78 is 0. The summed E-state index contributed by atoms with van der Waals surface area (Å²) in [6, 6.07) is 14.2. The second-order valence-corrected chi connectivity index (χ2v) is 10.2. The number of carbonyl (C=O) groups excluding carboxylic acids is 1. The third kappa shape index (κ3) is 5.11. The van der Waals surface area contributed by atoms with Crippen LogP contribution < -0.4 is 10.2 Å². The van der Waals surface area contributed by atoms with Crippen molar-refractivity contribution in [3.63, 3.8) is 0 Å². The van der Waals surface area contributed by atoms with E-state index in [-0.39, 0.29) is 11.8 Å². The Labute approximate surface area is 207 Å². The van der Waals surface area contributed by atoms with E-state index in [0.29, 0.717) is 11.6 Å². The van der Waals surface area contributed by atoms with E-state index in [1.165, 1.54) is 12.0 Å². The number of hydrogen-bond donors (Lipinski definition) is 2. The van der Waals surface area contributed by atoms with Crippen LogP contribution in [0.4, 0.5) is 11.4 Å². The van der Waals surface area contributed by atoms with Gasteiger partial charge < -0.3 is 20.2 Å². The normalized spacial score (nSPS) is 18.6. The van der Waals surface area contributed by atoms with Gasteiger partial charge in [0.25, 0.3) is 5.91 Å². The van der Waals surface area contributed by atoms with E-state index in [9.17, 15) is 9.90 Å². The maximum atomic E-state index is 13.6. The summed E-state index contributed by atoms with van der Waals surface area (Å²) in [6.45, 7) is 6.90. The standard InChI is InChI=1S/C28H35N5O2/c1-19-14-27(34)30-25-8-7-21(16-23(19)25)29-28(35)24-15-20(6-9-26(24)33-11-4-5-12-33)17-32-13-10-22(18-32)31(2)3/h6-9,14-16,22H,4-5,10-13,17-18H2,1-3H3,(H,29,35)(H,30,34). The number of amides is 1. The van der Waals surface area contributed by atoms with Gasteiger partial charge in [0.15, 0.2) is 0 Å². The minimum Gasteiger partial charge on any atom is -0.493 e. The molecule has 0 saturated carbocycles. The fraction of sp³-hybridized carbons (Fsp3) is 0.429. The number of hydrogen-bond acceptors (Lipinski definition) is 6. The van der Waals surface area contributed by atoms with Crippen molar-refractivity contribution >= 4 is 28.2 Å². The van der Waals surface area contributed by atoms with Crippen molar-refractivity contribution in [2.45, 2.75) is 38.8 Å². The van der Waals surface area contributed by atoms with Crippen LogP contribution in [0, 0.1) is 6.92 Å². The second kappa shape index (κ2) is 9.84. The topological polar surface area (TPSA) is 71.9 Å². The molecule has 2 aliphatic heterocycles. The highest BCUT2D eigenvalue weighted by Gasteiger charge is 2.25. The fourth-order valence-corrected chi connectivity index (χ4v) is 5.39. The van der Waals surface area contributed by atoms with Crippen LogP contribution in [0.3, 0.4) is 0 Å². The molecule has 3 heterocycles. The number of nitrogens with one attached hydrogen (secondary N) is 1. The molecule has 1 amide bonds. The van der Waals surface area contributed by atoms with E-state index >= 15 is 0 Å². The minimum atomic E-state index is -0.0925. The number of anilines is 2. The molecule has 2 aliphatic rings.